The molecule has 0 saturated heterocycles. The molecule has 0 bridgehead atoms. The van der Waals surface area contributed by atoms with Crippen LogP contribution >= 0.6 is 23.2 Å². The molecular formula is C13H11Cl2NO3. The molecular weight excluding hydrogens is 289 g/mol. The van der Waals surface area contributed by atoms with Gasteiger partial charge in [-0.25, -0.2) is 4.79 Å². The summed E-state index contributed by atoms with van der Waals surface area (Å²) in [6.07, 6.45) is 0. The maximum Gasteiger partial charge on any atom is 0.373 e. The number of furan rings is 1. The molecule has 1 N–H and O–H groups in total. The van der Waals surface area contributed by atoms with Crippen LogP contribution in [0.5, 0.6) is 0 Å². The summed E-state index contributed by atoms with van der Waals surface area (Å²) in [5.41, 5.74) is 0.738. The van der Waals surface area contributed by atoms with Crippen LogP contribution < -0.4 is 5.32 Å². The van der Waals surface area contributed by atoms with Crippen LogP contribution in [0, 0.1) is 0 Å². The van der Waals surface area contributed by atoms with Gasteiger partial charge >= 0.3 is 5.97 Å². The van der Waals surface area contributed by atoms with Gasteiger partial charge in [0.1, 0.15) is 5.76 Å². The van der Waals surface area contributed by atoms with E-state index in [1.165, 1.54) is 7.11 Å². The number of anilines is 1. The molecule has 19 heavy (non-hydrogen) atoms. The minimum Gasteiger partial charge on any atom is -0.463 e. The molecule has 0 aliphatic carbocycles. The van der Waals surface area contributed by atoms with Gasteiger partial charge in [0.25, 0.3) is 0 Å². The molecule has 100 valence electrons. The molecule has 0 unspecified atom stereocenters. The van der Waals surface area contributed by atoms with E-state index in [1.807, 2.05) is 0 Å². The number of carbonyl (C=O) groups is 1. The quantitative estimate of drug-likeness (QED) is 0.868. The highest BCUT2D eigenvalue weighted by atomic mass is 35.5. The zero-order chi connectivity index (χ0) is 13.8. The van der Waals surface area contributed by atoms with Crippen LogP contribution in [-0.2, 0) is 11.3 Å². The van der Waals surface area contributed by atoms with E-state index in [2.05, 4.69) is 10.1 Å². The second-order valence-corrected chi connectivity index (χ2v) is 4.58. The highest BCUT2D eigenvalue weighted by Gasteiger charge is 2.11. The summed E-state index contributed by atoms with van der Waals surface area (Å²) in [5.74, 6) is 0.267. The summed E-state index contributed by atoms with van der Waals surface area (Å²) >= 11 is 11.8. The van der Waals surface area contributed by atoms with Crippen LogP contribution in [0.15, 0.2) is 34.7 Å². The summed E-state index contributed by atoms with van der Waals surface area (Å²) in [6, 6.07) is 8.41. The Labute approximate surface area is 120 Å². The van der Waals surface area contributed by atoms with E-state index >= 15 is 0 Å². The Balaban J connectivity index is 2.02. The maximum absolute atomic E-state index is 11.2. The molecule has 0 spiro atoms. The van der Waals surface area contributed by atoms with Crippen molar-refractivity contribution >= 4 is 34.9 Å². The van der Waals surface area contributed by atoms with Crippen molar-refractivity contribution < 1.29 is 13.9 Å². The van der Waals surface area contributed by atoms with E-state index in [1.54, 1.807) is 30.3 Å². The number of carbonyl (C=O) groups excluding carboxylic acids is 1. The average Bonchev–Trinajstić information content (AvgIpc) is 2.85. The largest absolute Gasteiger partial charge is 0.463 e. The number of benzene rings is 1. The summed E-state index contributed by atoms with van der Waals surface area (Å²) in [5, 5.41) is 4.18. The summed E-state index contributed by atoms with van der Waals surface area (Å²) in [7, 11) is 1.30. The third-order valence-corrected chi connectivity index (χ3v) is 2.98. The third-order valence-electron chi connectivity index (χ3n) is 2.43. The SMILES string of the molecule is COC(=O)c1ccc(CNc2ccc(Cl)cc2Cl)o1. The van der Waals surface area contributed by atoms with Crippen molar-refractivity contribution in [1.29, 1.82) is 0 Å². The molecule has 0 aliphatic heterocycles. The predicted molar refractivity (Wildman–Crippen MR) is 73.8 cm³/mol. The molecule has 0 amide bonds. The van der Waals surface area contributed by atoms with Gasteiger partial charge in [0, 0.05) is 5.02 Å². The number of esters is 1. The Morgan fingerprint density at radius 2 is 2.11 bits per heavy atom. The third kappa shape index (κ3) is 3.43. The molecule has 6 heteroatoms. The Bertz CT molecular complexity index is 595. The van der Waals surface area contributed by atoms with Gasteiger partial charge in [-0.05, 0) is 30.3 Å². The van der Waals surface area contributed by atoms with Crippen LogP contribution in [0.2, 0.25) is 10.0 Å². The van der Waals surface area contributed by atoms with E-state index in [0.29, 0.717) is 22.4 Å². The number of rotatable bonds is 4. The molecule has 1 aromatic heterocycles. The van der Waals surface area contributed by atoms with Gasteiger partial charge in [-0.1, -0.05) is 23.2 Å². The maximum atomic E-state index is 11.2. The number of halogens is 2. The predicted octanol–water partition coefficient (Wildman–Crippen LogP) is 3.99. The van der Waals surface area contributed by atoms with Crippen molar-refractivity contribution in [2.75, 3.05) is 12.4 Å². The first-order valence-corrected chi connectivity index (χ1v) is 6.21. The Hall–Kier alpha value is -1.65. The summed E-state index contributed by atoms with van der Waals surface area (Å²) < 4.78 is 9.87. The number of nitrogens with one attached hydrogen (secondary N) is 1. The number of methoxy groups -OCH3 is 1. The molecule has 0 fully saturated rings. The zero-order valence-electron chi connectivity index (χ0n) is 10.1. The first kappa shape index (κ1) is 13.8. The summed E-state index contributed by atoms with van der Waals surface area (Å²) in [4.78, 5) is 11.2. The van der Waals surface area contributed by atoms with Crippen molar-refractivity contribution in [3.8, 4) is 0 Å². The first-order valence-electron chi connectivity index (χ1n) is 5.46. The highest BCUT2D eigenvalue weighted by Crippen LogP contribution is 2.25. The number of hydrogen-bond acceptors (Lipinski definition) is 4. The van der Waals surface area contributed by atoms with Crippen molar-refractivity contribution in [3.63, 3.8) is 0 Å². The van der Waals surface area contributed by atoms with Gasteiger partial charge in [-0.3, -0.25) is 0 Å². The fourth-order valence-corrected chi connectivity index (χ4v) is 1.97. The van der Waals surface area contributed by atoms with E-state index in [0.717, 1.165) is 5.69 Å². The Morgan fingerprint density at radius 1 is 1.32 bits per heavy atom. The van der Waals surface area contributed by atoms with Crippen molar-refractivity contribution in [2.45, 2.75) is 6.54 Å². The van der Waals surface area contributed by atoms with Crippen LogP contribution in [0.4, 0.5) is 5.69 Å². The minimum atomic E-state index is -0.504. The fraction of sp³-hybridized carbons (Fsp3) is 0.154. The smallest absolute Gasteiger partial charge is 0.373 e. The molecule has 2 aromatic rings. The minimum absolute atomic E-state index is 0.168. The van der Waals surface area contributed by atoms with Crippen LogP contribution in [0.1, 0.15) is 16.3 Å². The molecule has 0 atom stereocenters. The van der Waals surface area contributed by atoms with Crippen molar-refractivity contribution in [2.24, 2.45) is 0 Å². The lowest BCUT2D eigenvalue weighted by Gasteiger charge is -2.06. The Morgan fingerprint density at radius 3 is 2.79 bits per heavy atom. The average molecular weight is 300 g/mol. The standard InChI is InChI=1S/C13H11Cl2NO3/c1-18-13(17)12-5-3-9(19-12)7-16-11-4-2-8(14)6-10(11)15/h2-6,16H,7H2,1H3. The normalized spacial score (nSPS) is 10.3. The number of ether oxygens (including phenoxy) is 1. The van der Waals surface area contributed by atoms with Crippen LogP contribution in [0.25, 0.3) is 0 Å². The lowest BCUT2D eigenvalue weighted by molar-refractivity contribution is 0.0563. The van der Waals surface area contributed by atoms with Crippen molar-refractivity contribution in [1.82, 2.24) is 0 Å². The van der Waals surface area contributed by atoms with Crippen molar-refractivity contribution in [3.05, 3.63) is 51.9 Å². The topological polar surface area (TPSA) is 51.5 Å². The molecule has 1 aromatic carbocycles. The summed E-state index contributed by atoms with van der Waals surface area (Å²) in [6.45, 7) is 0.401. The lowest BCUT2D eigenvalue weighted by Crippen LogP contribution is -2.00. The van der Waals surface area contributed by atoms with Gasteiger partial charge in [0.05, 0.1) is 24.4 Å². The van der Waals surface area contributed by atoms with Gasteiger partial charge < -0.3 is 14.5 Å². The molecule has 0 radical (unpaired) electrons. The van der Waals surface area contributed by atoms with Gasteiger partial charge in [0.2, 0.25) is 5.76 Å². The lowest BCUT2D eigenvalue weighted by atomic mass is 10.3. The zero-order valence-corrected chi connectivity index (χ0v) is 11.6. The van der Waals surface area contributed by atoms with Gasteiger partial charge in [-0.15, -0.1) is 0 Å². The van der Waals surface area contributed by atoms with Gasteiger partial charge in [0.15, 0.2) is 0 Å². The molecule has 0 aliphatic rings. The van der Waals surface area contributed by atoms with Crippen LogP contribution in [-0.4, -0.2) is 13.1 Å². The highest BCUT2D eigenvalue weighted by molar-refractivity contribution is 6.36. The molecule has 4 nitrogen and oxygen atoms in total. The Kier molecular flexibility index (Phi) is 4.35. The fourth-order valence-electron chi connectivity index (χ4n) is 1.50. The van der Waals surface area contributed by atoms with Crippen LogP contribution in [0.3, 0.4) is 0 Å². The van der Waals surface area contributed by atoms with E-state index < -0.39 is 5.97 Å². The molecule has 2 rings (SSSR count). The number of hydrogen-bond donors (Lipinski definition) is 1. The van der Waals surface area contributed by atoms with E-state index in [4.69, 9.17) is 27.6 Å². The molecule has 1 heterocycles. The monoisotopic (exact) mass is 299 g/mol. The van der Waals surface area contributed by atoms with E-state index in [-0.39, 0.29) is 5.76 Å². The second-order valence-electron chi connectivity index (χ2n) is 3.74. The van der Waals surface area contributed by atoms with E-state index in [9.17, 15) is 4.79 Å². The second kappa shape index (κ2) is 5.99. The first-order chi connectivity index (χ1) is 9.10. The van der Waals surface area contributed by atoms with Gasteiger partial charge in [-0.2, -0.15) is 0 Å². The molecule has 0 saturated carbocycles.